The minimum atomic E-state index is -0.485. The molecule has 4 nitrogen and oxygen atoms in total. The maximum Gasteiger partial charge on any atom is 0.143 e. The quantitative estimate of drug-likeness (QED) is 0.626. The van der Waals surface area contributed by atoms with Gasteiger partial charge in [0.25, 0.3) is 0 Å². The van der Waals surface area contributed by atoms with Gasteiger partial charge >= 0.3 is 0 Å². The number of morpholine rings is 1. The fourth-order valence-electron chi connectivity index (χ4n) is 2.24. The second kappa shape index (κ2) is 7.51. The van der Waals surface area contributed by atoms with Crippen LogP contribution in [-0.4, -0.2) is 41.2 Å². The molecule has 0 unspecified atom stereocenters. The van der Waals surface area contributed by atoms with E-state index in [0.717, 1.165) is 44.5 Å². The van der Waals surface area contributed by atoms with E-state index in [9.17, 15) is 4.39 Å². The number of nitrogens with zero attached hydrogens (tertiary/aromatic N) is 3. The molecular weight excluding hydrogens is 317 g/mol. The summed E-state index contributed by atoms with van der Waals surface area (Å²) in [6.07, 6.45) is 3.12. The Morgan fingerprint density at radius 1 is 1.17 bits per heavy atom. The number of ether oxygens (including phenoxy) is 1. The molecule has 3 rings (SSSR count). The van der Waals surface area contributed by atoms with Crippen LogP contribution in [0.25, 0.3) is 0 Å². The van der Waals surface area contributed by atoms with Gasteiger partial charge in [-0.05, 0) is 17.6 Å². The molecule has 0 spiro atoms. The third-order valence-electron chi connectivity index (χ3n) is 3.48. The van der Waals surface area contributed by atoms with Crippen LogP contribution < -0.4 is 0 Å². The van der Waals surface area contributed by atoms with E-state index in [0.29, 0.717) is 5.69 Å². The number of hydrogen-bond acceptors (Lipinski definition) is 4. The molecule has 0 aliphatic carbocycles. The normalized spacial score (nSPS) is 15.0. The molecule has 1 saturated heterocycles. The van der Waals surface area contributed by atoms with Crippen molar-refractivity contribution in [2.45, 2.75) is 6.54 Å². The Morgan fingerprint density at radius 3 is 2.70 bits per heavy atom. The summed E-state index contributed by atoms with van der Waals surface area (Å²) < 4.78 is 18.9. The summed E-state index contributed by atoms with van der Waals surface area (Å²) in [5, 5.41) is 0.110. The molecule has 1 aliphatic heterocycles. The zero-order valence-electron chi connectivity index (χ0n) is 12.4. The largest absolute Gasteiger partial charge is 0.379 e. The number of aromatic nitrogens is 2. The van der Waals surface area contributed by atoms with Gasteiger partial charge in [0.2, 0.25) is 0 Å². The smallest absolute Gasteiger partial charge is 0.143 e. The highest BCUT2D eigenvalue weighted by molar-refractivity contribution is 6.29. The predicted molar refractivity (Wildman–Crippen MR) is 85.5 cm³/mol. The third kappa shape index (κ3) is 4.49. The van der Waals surface area contributed by atoms with Gasteiger partial charge in [-0.2, -0.15) is 0 Å². The fourth-order valence-corrected chi connectivity index (χ4v) is 2.38. The topological polar surface area (TPSA) is 38.2 Å². The van der Waals surface area contributed by atoms with Crippen molar-refractivity contribution in [3.63, 3.8) is 0 Å². The van der Waals surface area contributed by atoms with E-state index in [4.69, 9.17) is 16.3 Å². The van der Waals surface area contributed by atoms with Crippen LogP contribution in [0.3, 0.4) is 0 Å². The standard InChI is InChI=1S/C17H15ClFN3O/c18-17-9-16(19)14(11-21-17)2-4-15-3-1-13(10-20-15)12-22-5-7-23-8-6-22/h1,3,9-11H,5-8,12H2. The highest BCUT2D eigenvalue weighted by atomic mass is 35.5. The molecule has 0 N–H and O–H groups in total. The van der Waals surface area contributed by atoms with Gasteiger partial charge in [0.05, 0.1) is 18.8 Å². The van der Waals surface area contributed by atoms with Gasteiger partial charge < -0.3 is 4.74 Å². The van der Waals surface area contributed by atoms with Crippen molar-refractivity contribution in [2.24, 2.45) is 0 Å². The van der Waals surface area contributed by atoms with E-state index in [1.54, 1.807) is 6.20 Å². The second-order valence-corrected chi connectivity index (χ2v) is 5.56. The molecule has 23 heavy (non-hydrogen) atoms. The predicted octanol–water partition coefficient (Wildman–Crippen LogP) is 2.50. The summed E-state index contributed by atoms with van der Waals surface area (Å²) in [5.41, 5.74) is 1.91. The van der Waals surface area contributed by atoms with Crippen LogP contribution in [0.1, 0.15) is 16.8 Å². The SMILES string of the molecule is Fc1cc(Cl)ncc1C#Cc1ccc(CN2CCOCC2)cn1. The van der Waals surface area contributed by atoms with Crippen LogP contribution in [0, 0.1) is 17.7 Å². The van der Waals surface area contributed by atoms with Crippen molar-refractivity contribution in [1.82, 2.24) is 14.9 Å². The van der Waals surface area contributed by atoms with Crippen molar-refractivity contribution in [3.05, 3.63) is 58.4 Å². The minimum absolute atomic E-state index is 0.110. The molecule has 0 amide bonds. The van der Waals surface area contributed by atoms with Crippen LogP contribution in [-0.2, 0) is 11.3 Å². The maximum absolute atomic E-state index is 13.6. The summed E-state index contributed by atoms with van der Waals surface area (Å²) in [6, 6.07) is 4.97. The lowest BCUT2D eigenvalue weighted by atomic mass is 10.2. The highest BCUT2D eigenvalue weighted by Gasteiger charge is 2.10. The van der Waals surface area contributed by atoms with Crippen LogP contribution in [0.2, 0.25) is 5.15 Å². The molecule has 0 atom stereocenters. The monoisotopic (exact) mass is 331 g/mol. The third-order valence-corrected chi connectivity index (χ3v) is 3.69. The van der Waals surface area contributed by atoms with Gasteiger partial charge in [-0.3, -0.25) is 4.90 Å². The zero-order chi connectivity index (χ0) is 16.1. The highest BCUT2D eigenvalue weighted by Crippen LogP contribution is 2.10. The molecule has 118 valence electrons. The number of pyridine rings is 2. The molecule has 3 heterocycles. The van der Waals surface area contributed by atoms with Crippen molar-refractivity contribution in [3.8, 4) is 11.8 Å². The van der Waals surface area contributed by atoms with Crippen LogP contribution in [0.5, 0.6) is 0 Å². The first-order valence-electron chi connectivity index (χ1n) is 7.29. The molecule has 1 fully saturated rings. The molecule has 2 aromatic heterocycles. The minimum Gasteiger partial charge on any atom is -0.379 e. The second-order valence-electron chi connectivity index (χ2n) is 5.18. The van der Waals surface area contributed by atoms with Gasteiger partial charge in [0.15, 0.2) is 0 Å². The van der Waals surface area contributed by atoms with Gasteiger partial charge in [-0.25, -0.2) is 14.4 Å². The summed E-state index contributed by atoms with van der Waals surface area (Å²) in [4.78, 5) is 10.4. The molecule has 0 aromatic carbocycles. The Hall–Kier alpha value is -2.00. The first-order chi connectivity index (χ1) is 11.2. The lowest BCUT2D eigenvalue weighted by molar-refractivity contribution is 0.0341. The molecule has 2 aromatic rings. The average Bonchev–Trinajstić information content (AvgIpc) is 2.56. The number of halogens is 2. The van der Waals surface area contributed by atoms with E-state index in [1.807, 2.05) is 12.1 Å². The van der Waals surface area contributed by atoms with E-state index >= 15 is 0 Å². The molecule has 0 saturated carbocycles. The molecule has 0 radical (unpaired) electrons. The first kappa shape index (κ1) is 15.9. The van der Waals surface area contributed by atoms with Crippen LogP contribution >= 0.6 is 11.6 Å². The van der Waals surface area contributed by atoms with Crippen LogP contribution in [0.4, 0.5) is 4.39 Å². The molecule has 1 aliphatic rings. The van der Waals surface area contributed by atoms with Crippen molar-refractivity contribution in [2.75, 3.05) is 26.3 Å². The zero-order valence-corrected chi connectivity index (χ0v) is 13.2. The Bertz CT molecular complexity index is 734. The van der Waals surface area contributed by atoms with Crippen molar-refractivity contribution in [1.29, 1.82) is 0 Å². The van der Waals surface area contributed by atoms with Gasteiger partial charge in [-0.1, -0.05) is 23.6 Å². The first-order valence-corrected chi connectivity index (χ1v) is 7.66. The Morgan fingerprint density at radius 2 is 2.00 bits per heavy atom. The Labute approximate surface area is 139 Å². The summed E-state index contributed by atoms with van der Waals surface area (Å²) in [5.74, 6) is 5.07. The fraction of sp³-hybridized carbons (Fsp3) is 0.294. The van der Waals surface area contributed by atoms with Gasteiger partial charge in [0.1, 0.15) is 16.7 Å². The lowest BCUT2D eigenvalue weighted by Crippen LogP contribution is -2.35. The summed E-state index contributed by atoms with van der Waals surface area (Å²) >= 11 is 5.61. The van der Waals surface area contributed by atoms with Crippen molar-refractivity contribution < 1.29 is 9.13 Å². The Kier molecular flexibility index (Phi) is 5.19. The van der Waals surface area contributed by atoms with Gasteiger partial charge in [-0.15, -0.1) is 0 Å². The Balaban J connectivity index is 1.66. The van der Waals surface area contributed by atoms with Crippen molar-refractivity contribution >= 4 is 11.6 Å². The number of hydrogen-bond donors (Lipinski definition) is 0. The number of rotatable bonds is 2. The van der Waals surface area contributed by atoms with E-state index in [-0.39, 0.29) is 10.7 Å². The average molecular weight is 332 g/mol. The van der Waals surface area contributed by atoms with Crippen LogP contribution in [0.15, 0.2) is 30.6 Å². The van der Waals surface area contributed by atoms with Gasteiger partial charge in [0, 0.05) is 38.1 Å². The maximum atomic E-state index is 13.6. The molecule has 6 heteroatoms. The van der Waals surface area contributed by atoms with E-state index in [1.165, 1.54) is 6.20 Å². The summed E-state index contributed by atoms with van der Waals surface area (Å²) in [6.45, 7) is 4.27. The van der Waals surface area contributed by atoms with E-state index in [2.05, 4.69) is 26.7 Å². The molecular formula is C17H15ClFN3O. The summed E-state index contributed by atoms with van der Waals surface area (Å²) in [7, 11) is 0. The lowest BCUT2D eigenvalue weighted by Gasteiger charge is -2.26. The van der Waals surface area contributed by atoms with E-state index < -0.39 is 5.82 Å². The molecule has 0 bridgehead atoms.